The van der Waals surface area contributed by atoms with Crippen molar-refractivity contribution in [3.8, 4) is 0 Å². The molecule has 1 heterocycles. The van der Waals surface area contributed by atoms with Gasteiger partial charge in [-0.25, -0.2) is 10.4 Å². The zero-order chi connectivity index (χ0) is 9.26. The molecule has 0 unspecified atom stereocenters. The van der Waals surface area contributed by atoms with Crippen molar-refractivity contribution in [2.75, 3.05) is 11.6 Å². The third kappa shape index (κ3) is 1.31. The van der Waals surface area contributed by atoms with Crippen molar-refractivity contribution in [3.63, 3.8) is 0 Å². The number of nitrogens with one attached hydrogen (secondary N) is 1. The molecule has 0 spiro atoms. The number of para-hydroxylation sites is 1. The summed E-state index contributed by atoms with van der Waals surface area (Å²) in [5.41, 5.74) is 3.40. The molecular formula is C9H8N2O2. The summed E-state index contributed by atoms with van der Waals surface area (Å²) >= 11 is 0. The Balaban J connectivity index is 2.29. The highest BCUT2D eigenvalue weighted by Gasteiger charge is 2.29. The number of benzene rings is 1. The van der Waals surface area contributed by atoms with Crippen LogP contribution in [0.15, 0.2) is 30.3 Å². The first-order chi connectivity index (χ1) is 6.29. The van der Waals surface area contributed by atoms with E-state index in [0.29, 0.717) is 5.69 Å². The second kappa shape index (κ2) is 2.99. The van der Waals surface area contributed by atoms with E-state index >= 15 is 0 Å². The van der Waals surface area contributed by atoms with E-state index in [1.165, 1.54) is 5.01 Å². The van der Waals surface area contributed by atoms with Crippen molar-refractivity contribution in [2.45, 2.75) is 0 Å². The maximum atomic E-state index is 11.2. The predicted molar refractivity (Wildman–Crippen MR) is 46.9 cm³/mol. The van der Waals surface area contributed by atoms with Crippen LogP contribution in [-0.2, 0) is 9.59 Å². The highest BCUT2D eigenvalue weighted by Crippen LogP contribution is 2.13. The van der Waals surface area contributed by atoms with Gasteiger partial charge in [0.1, 0.15) is 0 Å². The first kappa shape index (κ1) is 7.94. The van der Waals surface area contributed by atoms with Crippen molar-refractivity contribution >= 4 is 17.4 Å². The van der Waals surface area contributed by atoms with E-state index in [9.17, 15) is 9.59 Å². The van der Waals surface area contributed by atoms with Crippen molar-refractivity contribution in [3.05, 3.63) is 30.3 Å². The third-order valence-electron chi connectivity index (χ3n) is 1.85. The number of ketones is 1. The molecule has 1 aromatic rings. The van der Waals surface area contributed by atoms with Crippen LogP contribution in [0, 0.1) is 0 Å². The summed E-state index contributed by atoms with van der Waals surface area (Å²) in [6, 6.07) is 9.01. The molecule has 2 rings (SSSR count). The molecule has 66 valence electrons. The average molecular weight is 176 g/mol. The molecule has 0 aromatic heterocycles. The van der Waals surface area contributed by atoms with E-state index < -0.39 is 11.7 Å². The molecule has 0 radical (unpaired) electrons. The fourth-order valence-electron chi connectivity index (χ4n) is 1.21. The van der Waals surface area contributed by atoms with Gasteiger partial charge >= 0.3 is 5.91 Å². The molecule has 4 heteroatoms. The van der Waals surface area contributed by atoms with Crippen LogP contribution < -0.4 is 10.4 Å². The molecule has 13 heavy (non-hydrogen) atoms. The topological polar surface area (TPSA) is 49.4 Å². The van der Waals surface area contributed by atoms with Gasteiger partial charge in [0.2, 0.25) is 5.78 Å². The SMILES string of the molecule is O=C1CNN(c2ccccc2)C1=O. The normalized spacial score (nSPS) is 16.8. The minimum atomic E-state index is -0.494. The quantitative estimate of drug-likeness (QED) is 0.618. The van der Waals surface area contributed by atoms with Crippen molar-refractivity contribution in [1.29, 1.82) is 0 Å². The van der Waals surface area contributed by atoms with Crippen LogP contribution in [0.25, 0.3) is 0 Å². The summed E-state index contributed by atoms with van der Waals surface area (Å²) in [4.78, 5) is 22.1. The third-order valence-corrected chi connectivity index (χ3v) is 1.85. The highest BCUT2D eigenvalue weighted by atomic mass is 16.2. The van der Waals surface area contributed by atoms with Crippen molar-refractivity contribution < 1.29 is 9.59 Å². The Bertz CT molecular complexity index is 348. The monoisotopic (exact) mass is 176 g/mol. The number of nitrogens with zero attached hydrogens (tertiary/aromatic N) is 1. The number of amides is 1. The number of rotatable bonds is 1. The molecule has 1 aliphatic heterocycles. The van der Waals surface area contributed by atoms with E-state index in [4.69, 9.17) is 0 Å². The molecule has 0 saturated carbocycles. The molecule has 1 N–H and O–H groups in total. The Hall–Kier alpha value is -1.68. The summed E-state index contributed by atoms with van der Waals surface area (Å²) in [6.07, 6.45) is 0. The smallest absolute Gasteiger partial charge is 0.287 e. The second-order valence-electron chi connectivity index (χ2n) is 2.73. The zero-order valence-electron chi connectivity index (χ0n) is 6.86. The number of anilines is 1. The van der Waals surface area contributed by atoms with Gasteiger partial charge in [-0.3, -0.25) is 9.59 Å². The fraction of sp³-hybridized carbons (Fsp3) is 0.111. The van der Waals surface area contributed by atoms with Gasteiger partial charge in [-0.15, -0.1) is 0 Å². The lowest BCUT2D eigenvalue weighted by Gasteiger charge is -2.13. The average Bonchev–Trinajstić information content (AvgIpc) is 2.49. The van der Waals surface area contributed by atoms with Crippen LogP contribution in [0.4, 0.5) is 5.69 Å². The predicted octanol–water partition coefficient (Wildman–Crippen LogP) is 0.107. The highest BCUT2D eigenvalue weighted by molar-refractivity contribution is 6.43. The largest absolute Gasteiger partial charge is 0.310 e. The molecule has 1 aliphatic rings. The van der Waals surface area contributed by atoms with E-state index in [1.807, 2.05) is 18.2 Å². The van der Waals surface area contributed by atoms with Crippen LogP contribution >= 0.6 is 0 Å². The number of hydrazine groups is 1. The Kier molecular flexibility index (Phi) is 1.83. The standard InChI is InChI=1S/C9H8N2O2/c12-8-6-10-11(9(8)13)7-4-2-1-3-5-7/h1-5,10H,6H2. The van der Waals surface area contributed by atoms with Gasteiger partial charge in [0.05, 0.1) is 12.2 Å². The second-order valence-corrected chi connectivity index (χ2v) is 2.73. The van der Waals surface area contributed by atoms with Crippen molar-refractivity contribution in [2.24, 2.45) is 0 Å². The molecule has 1 amide bonds. The molecule has 0 aliphatic carbocycles. The summed E-state index contributed by atoms with van der Waals surface area (Å²) in [5, 5.41) is 1.27. The van der Waals surface area contributed by atoms with Crippen LogP contribution in [0.2, 0.25) is 0 Å². The van der Waals surface area contributed by atoms with Crippen molar-refractivity contribution in [1.82, 2.24) is 5.43 Å². The minimum absolute atomic E-state index is 0.0910. The Morgan fingerprint density at radius 2 is 1.85 bits per heavy atom. The van der Waals surface area contributed by atoms with E-state index in [0.717, 1.165) is 0 Å². The van der Waals surface area contributed by atoms with Gasteiger partial charge in [-0.05, 0) is 12.1 Å². The Morgan fingerprint density at radius 1 is 1.15 bits per heavy atom. The zero-order valence-corrected chi connectivity index (χ0v) is 6.86. The van der Waals surface area contributed by atoms with E-state index in [-0.39, 0.29) is 6.54 Å². The van der Waals surface area contributed by atoms with E-state index in [2.05, 4.69) is 5.43 Å². The number of hydrogen-bond acceptors (Lipinski definition) is 3. The van der Waals surface area contributed by atoms with Gasteiger partial charge in [0.15, 0.2) is 0 Å². The number of hydrogen-bond donors (Lipinski definition) is 1. The molecule has 1 fully saturated rings. The fourth-order valence-corrected chi connectivity index (χ4v) is 1.21. The number of Topliss-reactive ketones (excluding diaryl/α,β-unsaturated/α-hetero) is 1. The van der Waals surface area contributed by atoms with Gasteiger partial charge in [-0.1, -0.05) is 18.2 Å². The van der Waals surface area contributed by atoms with Crippen LogP contribution in [0.1, 0.15) is 0 Å². The number of carbonyl (C=O) groups excluding carboxylic acids is 2. The van der Waals surface area contributed by atoms with Gasteiger partial charge < -0.3 is 0 Å². The molecular weight excluding hydrogens is 168 g/mol. The van der Waals surface area contributed by atoms with Gasteiger partial charge in [-0.2, -0.15) is 0 Å². The lowest BCUT2D eigenvalue weighted by atomic mass is 10.3. The molecule has 4 nitrogen and oxygen atoms in total. The molecule has 1 saturated heterocycles. The van der Waals surface area contributed by atoms with Gasteiger partial charge in [0, 0.05) is 0 Å². The van der Waals surface area contributed by atoms with Crippen LogP contribution in [0.5, 0.6) is 0 Å². The lowest BCUT2D eigenvalue weighted by Crippen LogP contribution is -2.34. The van der Waals surface area contributed by atoms with Crippen LogP contribution in [0.3, 0.4) is 0 Å². The maximum absolute atomic E-state index is 11.2. The Labute approximate surface area is 75.1 Å². The molecule has 0 bridgehead atoms. The Morgan fingerprint density at radius 3 is 2.38 bits per heavy atom. The maximum Gasteiger partial charge on any atom is 0.310 e. The number of carbonyl (C=O) groups is 2. The summed E-state index contributed by atoms with van der Waals surface area (Å²) in [5.74, 6) is -0.893. The van der Waals surface area contributed by atoms with Gasteiger partial charge in [0.25, 0.3) is 0 Å². The molecule has 1 aromatic carbocycles. The summed E-state index contributed by atoms with van der Waals surface area (Å²) < 4.78 is 0. The summed E-state index contributed by atoms with van der Waals surface area (Å²) in [7, 11) is 0. The van der Waals surface area contributed by atoms with E-state index in [1.54, 1.807) is 12.1 Å². The minimum Gasteiger partial charge on any atom is -0.287 e. The van der Waals surface area contributed by atoms with Crippen LogP contribution in [-0.4, -0.2) is 18.2 Å². The first-order valence-electron chi connectivity index (χ1n) is 3.95. The molecule has 0 atom stereocenters. The first-order valence-corrected chi connectivity index (χ1v) is 3.95. The lowest BCUT2D eigenvalue weighted by molar-refractivity contribution is -0.133. The summed E-state index contributed by atoms with van der Waals surface area (Å²) in [6.45, 7) is 0.0910.